The summed E-state index contributed by atoms with van der Waals surface area (Å²) in [6.07, 6.45) is 5.79. The first-order valence-electron chi connectivity index (χ1n) is 7.97. The maximum absolute atomic E-state index is 12.5. The molecule has 3 rings (SSSR count). The molecule has 3 aromatic rings. The van der Waals surface area contributed by atoms with Crippen molar-refractivity contribution >= 4 is 21.4 Å². The van der Waals surface area contributed by atoms with Crippen LogP contribution in [0.4, 0.5) is 5.69 Å². The number of hydrogen-bond donors (Lipinski definition) is 1. The first-order valence-corrected chi connectivity index (χ1v) is 9.86. The molecule has 0 unspecified atom stereocenters. The van der Waals surface area contributed by atoms with Crippen LogP contribution in [0.2, 0.25) is 0 Å². The lowest BCUT2D eigenvalue weighted by Gasteiger charge is -2.10. The lowest BCUT2D eigenvalue weighted by Crippen LogP contribution is -2.24. The predicted molar refractivity (Wildman–Crippen MR) is 98.7 cm³/mol. The number of rotatable bonds is 6. The SMILES string of the molecule is CS(=O)(=O)c1cc(C(=O)NCc2cccnc2-n2cccn2)cc([N+](=O)[O-])c1. The molecule has 144 valence electrons. The minimum absolute atomic E-state index is 0.0682. The van der Waals surface area contributed by atoms with Gasteiger partial charge >= 0.3 is 0 Å². The fourth-order valence-electron chi connectivity index (χ4n) is 2.48. The molecule has 0 spiro atoms. The van der Waals surface area contributed by atoms with Crippen LogP contribution in [0.3, 0.4) is 0 Å². The Labute approximate surface area is 159 Å². The zero-order valence-corrected chi connectivity index (χ0v) is 15.5. The highest BCUT2D eigenvalue weighted by Gasteiger charge is 2.19. The zero-order chi connectivity index (χ0) is 20.3. The van der Waals surface area contributed by atoms with Crippen LogP contribution in [0.1, 0.15) is 15.9 Å². The smallest absolute Gasteiger partial charge is 0.271 e. The first-order chi connectivity index (χ1) is 13.3. The lowest BCUT2D eigenvalue weighted by atomic mass is 10.1. The van der Waals surface area contributed by atoms with Crippen LogP contribution in [-0.2, 0) is 16.4 Å². The van der Waals surface area contributed by atoms with E-state index in [0.717, 1.165) is 24.5 Å². The van der Waals surface area contributed by atoms with E-state index in [2.05, 4.69) is 15.4 Å². The summed E-state index contributed by atoms with van der Waals surface area (Å²) in [6, 6.07) is 8.23. The third-order valence-electron chi connectivity index (χ3n) is 3.82. The standard InChI is InChI=1S/C17H15N5O5S/c1-28(26,27)15-9-13(8-14(10-15)22(24)25)17(23)19-11-12-4-2-5-18-16(12)21-7-3-6-20-21/h2-10H,11H2,1H3,(H,19,23). The van der Waals surface area contributed by atoms with Gasteiger partial charge in [-0.2, -0.15) is 5.10 Å². The van der Waals surface area contributed by atoms with Crippen molar-refractivity contribution in [3.63, 3.8) is 0 Å². The fourth-order valence-corrected chi connectivity index (χ4v) is 3.16. The Kier molecular flexibility index (Phi) is 5.18. The van der Waals surface area contributed by atoms with Crippen molar-refractivity contribution < 1.29 is 18.1 Å². The maximum atomic E-state index is 12.5. The highest BCUT2D eigenvalue weighted by Crippen LogP contribution is 2.21. The van der Waals surface area contributed by atoms with Crippen molar-refractivity contribution in [2.24, 2.45) is 0 Å². The molecular weight excluding hydrogens is 386 g/mol. The molecule has 0 radical (unpaired) electrons. The van der Waals surface area contributed by atoms with E-state index in [4.69, 9.17) is 0 Å². The molecule has 0 bridgehead atoms. The third-order valence-corrected chi connectivity index (χ3v) is 4.91. The van der Waals surface area contributed by atoms with Gasteiger partial charge in [0.05, 0.1) is 9.82 Å². The summed E-state index contributed by atoms with van der Waals surface area (Å²) in [5.41, 5.74) is 0.0548. The number of non-ortho nitro benzene ring substituents is 1. The summed E-state index contributed by atoms with van der Waals surface area (Å²) in [4.78, 5) is 26.8. The number of hydrogen-bond acceptors (Lipinski definition) is 7. The van der Waals surface area contributed by atoms with Crippen LogP contribution in [0, 0.1) is 10.1 Å². The van der Waals surface area contributed by atoms with E-state index in [9.17, 15) is 23.3 Å². The van der Waals surface area contributed by atoms with Gasteiger partial charge in [0.15, 0.2) is 15.7 Å². The molecule has 1 aromatic carbocycles. The van der Waals surface area contributed by atoms with Gasteiger partial charge in [-0.1, -0.05) is 6.07 Å². The minimum Gasteiger partial charge on any atom is -0.348 e. The summed E-state index contributed by atoms with van der Waals surface area (Å²) in [5, 5.41) is 17.8. The van der Waals surface area contributed by atoms with Gasteiger partial charge in [0.1, 0.15) is 0 Å². The summed E-state index contributed by atoms with van der Waals surface area (Å²) >= 11 is 0. The summed E-state index contributed by atoms with van der Waals surface area (Å²) in [5.74, 6) is -0.132. The van der Waals surface area contributed by atoms with Gasteiger partial charge in [-0.05, 0) is 18.2 Å². The minimum atomic E-state index is -3.72. The second kappa shape index (κ2) is 7.56. The Morgan fingerprint density at radius 3 is 2.68 bits per heavy atom. The highest BCUT2D eigenvalue weighted by atomic mass is 32.2. The second-order valence-corrected chi connectivity index (χ2v) is 7.88. The van der Waals surface area contributed by atoms with Crippen LogP contribution in [0.15, 0.2) is 59.9 Å². The van der Waals surface area contributed by atoms with Gasteiger partial charge < -0.3 is 5.32 Å². The number of nitrogens with one attached hydrogen (secondary N) is 1. The summed E-state index contributed by atoms with van der Waals surface area (Å²) < 4.78 is 25.1. The number of nitro benzene ring substituents is 1. The number of aromatic nitrogens is 3. The molecule has 10 nitrogen and oxygen atoms in total. The van der Waals surface area contributed by atoms with Crippen LogP contribution in [-0.4, -0.2) is 40.3 Å². The number of carbonyl (C=O) groups is 1. The van der Waals surface area contributed by atoms with E-state index in [1.54, 1.807) is 36.8 Å². The molecule has 0 aliphatic rings. The van der Waals surface area contributed by atoms with Crippen molar-refractivity contribution in [2.45, 2.75) is 11.4 Å². The average molecular weight is 401 g/mol. The van der Waals surface area contributed by atoms with Crippen molar-refractivity contribution in [2.75, 3.05) is 6.26 Å². The highest BCUT2D eigenvalue weighted by molar-refractivity contribution is 7.90. The van der Waals surface area contributed by atoms with E-state index in [0.29, 0.717) is 11.4 Å². The maximum Gasteiger partial charge on any atom is 0.271 e. The Bertz CT molecular complexity index is 1140. The van der Waals surface area contributed by atoms with Gasteiger partial charge in [0, 0.05) is 54.7 Å². The zero-order valence-electron chi connectivity index (χ0n) is 14.6. The van der Waals surface area contributed by atoms with Gasteiger partial charge in [0.25, 0.3) is 11.6 Å². The molecule has 0 aliphatic heterocycles. The molecule has 0 saturated carbocycles. The number of carbonyl (C=O) groups excluding carboxylic acids is 1. The Morgan fingerprint density at radius 2 is 2.04 bits per heavy atom. The molecule has 2 heterocycles. The molecular formula is C17H15N5O5S. The molecule has 1 amide bonds. The lowest BCUT2D eigenvalue weighted by molar-refractivity contribution is -0.385. The number of nitro groups is 1. The van der Waals surface area contributed by atoms with Crippen LogP contribution in [0.5, 0.6) is 0 Å². The predicted octanol–water partition coefficient (Wildman–Crippen LogP) is 1.51. The number of pyridine rings is 1. The Morgan fingerprint density at radius 1 is 1.25 bits per heavy atom. The first kappa shape index (κ1) is 19.2. The molecule has 0 aliphatic carbocycles. The van der Waals surface area contributed by atoms with Crippen molar-refractivity contribution in [3.05, 3.63) is 76.2 Å². The van der Waals surface area contributed by atoms with Crippen LogP contribution < -0.4 is 5.32 Å². The van der Waals surface area contributed by atoms with E-state index in [-0.39, 0.29) is 17.0 Å². The number of amides is 1. The molecule has 0 fully saturated rings. The molecule has 0 saturated heterocycles. The third kappa shape index (κ3) is 4.20. The topological polar surface area (TPSA) is 137 Å². The Hall–Kier alpha value is -3.60. The second-order valence-electron chi connectivity index (χ2n) is 5.86. The van der Waals surface area contributed by atoms with E-state index in [1.165, 1.54) is 4.68 Å². The molecule has 0 atom stereocenters. The van der Waals surface area contributed by atoms with Crippen molar-refractivity contribution in [1.82, 2.24) is 20.1 Å². The van der Waals surface area contributed by atoms with Crippen LogP contribution in [0.25, 0.3) is 5.82 Å². The van der Waals surface area contributed by atoms with Crippen molar-refractivity contribution in [3.8, 4) is 5.82 Å². The molecule has 28 heavy (non-hydrogen) atoms. The quantitative estimate of drug-likeness (QED) is 0.488. The van der Waals surface area contributed by atoms with E-state index in [1.807, 2.05) is 0 Å². The van der Waals surface area contributed by atoms with Gasteiger partial charge in [-0.3, -0.25) is 14.9 Å². The van der Waals surface area contributed by atoms with E-state index < -0.39 is 26.4 Å². The average Bonchev–Trinajstić information content (AvgIpc) is 3.19. The number of benzene rings is 1. The number of sulfone groups is 1. The Balaban J connectivity index is 1.87. The largest absolute Gasteiger partial charge is 0.348 e. The summed E-state index contributed by atoms with van der Waals surface area (Å²) in [6.45, 7) is 0.0682. The normalized spacial score (nSPS) is 11.2. The van der Waals surface area contributed by atoms with Crippen LogP contribution >= 0.6 is 0 Å². The van der Waals surface area contributed by atoms with Gasteiger partial charge in [-0.25, -0.2) is 18.1 Å². The van der Waals surface area contributed by atoms with E-state index >= 15 is 0 Å². The number of nitrogens with zero attached hydrogens (tertiary/aromatic N) is 4. The molecule has 2 aromatic heterocycles. The monoisotopic (exact) mass is 401 g/mol. The van der Waals surface area contributed by atoms with Gasteiger partial charge in [-0.15, -0.1) is 0 Å². The molecule has 1 N–H and O–H groups in total. The fraction of sp³-hybridized carbons (Fsp3) is 0.118. The van der Waals surface area contributed by atoms with Gasteiger partial charge in [0.2, 0.25) is 0 Å². The molecule has 11 heteroatoms. The van der Waals surface area contributed by atoms with Crippen molar-refractivity contribution in [1.29, 1.82) is 0 Å². The summed E-state index contributed by atoms with van der Waals surface area (Å²) in [7, 11) is -3.72.